The van der Waals surface area contributed by atoms with Crippen LogP contribution in [0.25, 0.3) is 0 Å². The molecule has 39 heavy (non-hydrogen) atoms. The zero-order valence-corrected chi connectivity index (χ0v) is 22.7. The Labute approximate surface area is 227 Å². The monoisotopic (exact) mass is 562 g/mol. The fraction of sp³-hybridized carbons (Fsp3) is 0.519. The van der Waals surface area contributed by atoms with Crippen molar-refractivity contribution in [3.63, 3.8) is 0 Å². The molecule has 3 aliphatic heterocycles. The van der Waals surface area contributed by atoms with Gasteiger partial charge in [-0.2, -0.15) is 4.31 Å². The molecule has 3 heterocycles. The highest BCUT2D eigenvalue weighted by atomic mass is 32.2. The number of nitrogens with one attached hydrogen (secondary N) is 1. The van der Waals surface area contributed by atoms with Crippen molar-refractivity contribution in [2.75, 3.05) is 33.4 Å². The molecule has 0 aliphatic carbocycles. The molecule has 0 bridgehead atoms. The van der Waals surface area contributed by atoms with E-state index in [0.717, 1.165) is 12.0 Å². The molecule has 0 spiro atoms. The van der Waals surface area contributed by atoms with Crippen LogP contribution >= 0.6 is 0 Å². The summed E-state index contributed by atoms with van der Waals surface area (Å²) in [6.45, 7) is 2.61. The Morgan fingerprint density at radius 1 is 1.21 bits per heavy atom. The molecule has 12 heteroatoms. The van der Waals surface area contributed by atoms with Crippen molar-refractivity contribution >= 4 is 16.1 Å². The molecule has 0 aromatic heterocycles. The van der Waals surface area contributed by atoms with Crippen LogP contribution in [0.15, 0.2) is 47.4 Å². The number of aliphatic hydroxyl groups is 1. The van der Waals surface area contributed by atoms with Crippen LogP contribution in [0.4, 0.5) is 4.79 Å². The number of phenols is 1. The molecular formula is C27H34N2O9S. The number of nitrogens with zero attached hydrogens (tertiary/aromatic N) is 1. The maximum atomic E-state index is 13.5. The van der Waals surface area contributed by atoms with Crippen LogP contribution in [0.5, 0.6) is 11.5 Å². The summed E-state index contributed by atoms with van der Waals surface area (Å²) in [4.78, 5) is 13.1. The van der Waals surface area contributed by atoms with E-state index < -0.39 is 34.4 Å². The Bertz CT molecular complexity index is 1290. The number of carbonyl (C=O) groups excluding carboxylic acids is 1. The average molecular weight is 563 g/mol. The number of methoxy groups -OCH3 is 1. The van der Waals surface area contributed by atoms with Crippen molar-refractivity contribution < 1.29 is 42.4 Å². The van der Waals surface area contributed by atoms with Crippen molar-refractivity contribution in [1.29, 1.82) is 0 Å². The first kappa shape index (κ1) is 27.7. The summed E-state index contributed by atoms with van der Waals surface area (Å²) in [5.41, 5.74) is 1.40. The fourth-order valence-corrected chi connectivity index (χ4v) is 7.31. The zero-order valence-electron chi connectivity index (χ0n) is 21.9. The van der Waals surface area contributed by atoms with Gasteiger partial charge in [0.1, 0.15) is 17.6 Å². The number of phenolic OH excluding ortho intramolecular Hbond substituents is 1. The number of carbonyl (C=O) groups is 1. The van der Waals surface area contributed by atoms with Crippen molar-refractivity contribution in [2.45, 2.75) is 55.1 Å². The summed E-state index contributed by atoms with van der Waals surface area (Å²) in [6, 6.07) is 10.3. The number of sulfonamides is 1. The van der Waals surface area contributed by atoms with Crippen LogP contribution in [-0.4, -0.2) is 87.0 Å². The average Bonchev–Trinajstić information content (AvgIpc) is 3.53. The highest BCUT2D eigenvalue weighted by Crippen LogP contribution is 2.36. The number of alkyl carbamates (subject to hydrolysis) is 1. The molecule has 5 rings (SSSR count). The summed E-state index contributed by atoms with van der Waals surface area (Å²) < 4.78 is 50.1. The SMILES string of the molecule is COc1ccc2c(c1)C(C)CN(C[C@@H](O)[C@H](Cc1ccc(O)cc1)NC(=O)O[C@H]1CO[C@H]3OCC[C@H]31)S2(=O)=O. The fourth-order valence-electron chi connectivity index (χ4n) is 5.46. The predicted molar refractivity (Wildman–Crippen MR) is 139 cm³/mol. The molecule has 212 valence electrons. The van der Waals surface area contributed by atoms with Gasteiger partial charge in [0.2, 0.25) is 10.0 Å². The second-order valence-electron chi connectivity index (χ2n) is 10.3. The van der Waals surface area contributed by atoms with Gasteiger partial charge < -0.3 is 34.5 Å². The van der Waals surface area contributed by atoms with Crippen LogP contribution in [0.2, 0.25) is 0 Å². The number of rotatable bonds is 8. The molecule has 3 N–H and O–H groups in total. The molecule has 0 saturated carbocycles. The number of hydrogen-bond acceptors (Lipinski definition) is 9. The quantitative estimate of drug-likeness (QED) is 0.440. The van der Waals surface area contributed by atoms with E-state index in [0.29, 0.717) is 17.9 Å². The van der Waals surface area contributed by atoms with E-state index >= 15 is 0 Å². The van der Waals surface area contributed by atoms with E-state index in [2.05, 4.69) is 5.32 Å². The third-order valence-corrected chi connectivity index (χ3v) is 9.54. The maximum Gasteiger partial charge on any atom is 0.407 e. The van der Waals surface area contributed by atoms with E-state index in [9.17, 15) is 23.4 Å². The van der Waals surface area contributed by atoms with Gasteiger partial charge in [0.15, 0.2) is 6.29 Å². The molecule has 2 saturated heterocycles. The number of benzene rings is 2. The molecule has 1 unspecified atom stereocenters. The van der Waals surface area contributed by atoms with E-state index in [1.165, 1.54) is 29.6 Å². The summed E-state index contributed by atoms with van der Waals surface area (Å²) in [5.74, 6) is 0.476. The topological polar surface area (TPSA) is 144 Å². The lowest BCUT2D eigenvalue weighted by atomic mass is 9.99. The summed E-state index contributed by atoms with van der Waals surface area (Å²) >= 11 is 0. The molecule has 3 aliphatic rings. The maximum absolute atomic E-state index is 13.5. The third kappa shape index (κ3) is 5.85. The second-order valence-corrected chi connectivity index (χ2v) is 12.2. The first-order chi connectivity index (χ1) is 18.7. The Kier molecular flexibility index (Phi) is 8.01. The molecular weight excluding hydrogens is 528 g/mol. The number of aromatic hydroxyl groups is 1. The first-order valence-corrected chi connectivity index (χ1v) is 14.4. The molecule has 2 fully saturated rings. The number of aliphatic hydroxyl groups excluding tert-OH is 1. The standard InChI is InChI=1S/C27H34N2O9S/c1-16-13-29(39(33,34)25-8-7-19(35-2)12-21(16)25)14-23(31)22(11-17-3-5-18(30)6-4-17)28-27(32)38-24-15-37-26-20(24)9-10-36-26/h3-8,12,16,20,22-24,26,30-31H,9-11,13-15H2,1-2H3,(H,28,32)/t16?,20-,22-,23+,24-,26+/m0/s1. The highest BCUT2D eigenvalue weighted by molar-refractivity contribution is 7.89. The Morgan fingerprint density at radius 3 is 2.72 bits per heavy atom. The van der Waals surface area contributed by atoms with Gasteiger partial charge in [-0.25, -0.2) is 13.2 Å². The summed E-state index contributed by atoms with van der Waals surface area (Å²) in [6.07, 6.45) is -1.93. The minimum absolute atomic E-state index is 0.0464. The van der Waals surface area contributed by atoms with E-state index in [4.69, 9.17) is 18.9 Å². The number of amides is 1. The minimum atomic E-state index is -3.89. The van der Waals surface area contributed by atoms with E-state index in [-0.39, 0.29) is 54.9 Å². The van der Waals surface area contributed by atoms with Crippen molar-refractivity contribution in [3.8, 4) is 11.5 Å². The van der Waals surface area contributed by atoms with Gasteiger partial charge >= 0.3 is 6.09 Å². The molecule has 11 nitrogen and oxygen atoms in total. The molecule has 2 aromatic rings. The second kappa shape index (κ2) is 11.3. The smallest absolute Gasteiger partial charge is 0.407 e. The van der Waals surface area contributed by atoms with Crippen molar-refractivity contribution in [2.24, 2.45) is 5.92 Å². The van der Waals surface area contributed by atoms with Gasteiger partial charge in [0.05, 0.1) is 43.3 Å². The molecule has 6 atom stereocenters. The predicted octanol–water partition coefficient (Wildman–Crippen LogP) is 1.97. The Hall–Kier alpha value is -2.90. The lowest BCUT2D eigenvalue weighted by molar-refractivity contribution is -0.0907. The van der Waals surface area contributed by atoms with Gasteiger partial charge in [-0.05, 0) is 60.2 Å². The van der Waals surface area contributed by atoms with Crippen LogP contribution in [0.1, 0.15) is 30.4 Å². The number of hydrogen-bond donors (Lipinski definition) is 3. The largest absolute Gasteiger partial charge is 0.508 e. The number of ether oxygens (including phenoxy) is 4. The lowest BCUT2D eigenvalue weighted by Gasteiger charge is -2.35. The molecule has 2 aromatic carbocycles. The van der Waals surface area contributed by atoms with E-state index in [1.54, 1.807) is 24.3 Å². The molecule has 0 radical (unpaired) electrons. The first-order valence-electron chi connectivity index (χ1n) is 13.0. The lowest BCUT2D eigenvalue weighted by Crippen LogP contribution is -2.52. The van der Waals surface area contributed by atoms with Gasteiger partial charge in [-0.15, -0.1) is 0 Å². The van der Waals surface area contributed by atoms with Gasteiger partial charge in [-0.3, -0.25) is 0 Å². The normalized spacial score (nSPS) is 27.3. The Balaban J connectivity index is 1.32. The summed E-state index contributed by atoms with van der Waals surface area (Å²) in [7, 11) is -2.37. The third-order valence-electron chi connectivity index (χ3n) is 7.64. The van der Waals surface area contributed by atoms with Gasteiger partial charge in [0, 0.05) is 13.1 Å². The van der Waals surface area contributed by atoms with Crippen LogP contribution in [0.3, 0.4) is 0 Å². The zero-order chi connectivity index (χ0) is 27.7. The van der Waals surface area contributed by atoms with Gasteiger partial charge in [0.25, 0.3) is 0 Å². The van der Waals surface area contributed by atoms with Crippen molar-refractivity contribution in [1.82, 2.24) is 9.62 Å². The minimum Gasteiger partial charge on any atom is -0.508 e. The van der Waals surface area contributed by atoms with Crippen molar-refractivity contribution in [3.05, 3.63) is 53.6 Å². The number of fused-ring (bicyclic) bond motifs is 2. The van der Waals surface area contributed by atoms with E-state index in [1.807, 2.05) is 6.92 Å². The summed E-state index contributed by atoms with van der Waals surface area (Å²) in [5, 5.41) is 23.7. The van der Waals surface area contributed by atoms with Crippen LogP contribution in [-0.2, 0) is 30.7 Å². The molecule has 1 amide bonds. The van der Waals surface area contributed by atoms with Gasteiger partial charge in [-0.1, -0.05) is 19.1 Å². The Morgan fingerprint density at radius 2 is 1.97 bits per heavy atom. The number of β-amino-alcohol motifs (C(OH)–C–C–N with tert-alkyl or cyclic N) is 1. The highest BCUT2D eigenvalue weighted by Gasteiger charge is 2.44. The van der Waals surface area contributed by atoms with Crippen LogP contribution in [0, 0.1) is 5.92 Å². The van der Waals surface area contributed by atoms with Crippen LogP contribution < -0.4 is 10.1 Å².